The Kier molecular flexibility index (Phi) is 5.39. The highest BCUT2D eigenvalue weighted by Gasteiger charge is 2.08. The monoisotopic (exact) mass is 317 g/mol. The number of anilines is 2. The first-order valence-electron chi connectivity index (χ1n) is 7.23. The molecule has 0 saturated heterocycles. The minimum absolute atomic E-state index is 0.167. The number of carbonyl (C=O) groups excluding carboxylic acids is 1. The number of benzene rings is 1. The van der Waals surface area contributed by atoms with E-state index >= 15 is 0 Å². The lowest BCUT2D eigenvalue weighted by atomic mass is 10.2. The Morgan fingerprint density at radius 2 is 1.95 bits per heavy atom. The van der Waals surface area contributed by atoms with Crippen LogP contribution in [0.15, 0.2) is 36.5 Å². The molecule has 1 amide bonds. The van der Waals surface area contributed by atoms with Crippen molar-refractivity contribution in [2.24, 2.45) is 5.92 Å². The molecule has 116 valence electrons. The van der Waals surface area contributed by atoms with Gasteiger partial charge in [0.05, 0.1) is 0 Å². The topological polar surface area (TPSA) is 54.0 Å². The highest BCUT2D eigenvalue weighted by atomic mass is 35.5. The van der Waals surface area contributed by atoms with Crippen molar-refractivity contribution in [3.05, 3.63) is 52.8 Å². The second-order valence-corrected chi connectivity index (χ2v) is 6.03. The highest BCUT2D eigenvalue weighted by molar-refractivity contribution is 6.31. The van der Waals surface area contributed by atoms with E-state index in [1.54, 1.807) is 12.3 Å². The third-order valence-corrected chi connectivity index (χ3v) is 3.53. The van der Waals surface area contributed by atoms with Gasteiger partial charge in [0.2, 0.25) is 0 Å². The molecular formula is C17H20ClN3O. The molecule has 1 aromatic heterocycles. The summed E-state index contributed by atoms with van der Waals surface area (Å²) in [5.41, 5.74) is 3.08. The molecule has 2 aromatic rings. The van der Waals surface area contributed by atoms with Gasteiger partial charge in [-0.15, -0.1) is 0 Å². The quantitative estimate of drug-likeness (QED) is 0.870. The maximum absolute atomic E-state index is 12.0. The van der Waals surface area contributed by atoms with Crippen LogP contribution in [0.1, 0.15) is 29.9 Å². The van der Waals surface area contributed by atoms with Gasteiger partial charge < -0.3 is 10.6 Å². The Hall–Kier alpha value is -2.07. The standard InChI is InChI=1S/C17H20ClN3O/c1-11(2)10-20-17(22)16-9-14(6-7-19-16)21-13-5-4-12(3)15(18)8-13/h4-9,11H,10H2,1-3H3,(H,19,21)(H,20,22). The molecule has 0 unspecified atom stereocenters. The fourth-order valence-electron chi connectivity index (χ4n) is 1.86. The van der Waals surface area contributed by atoms with Gasteiger partial charge in [-0.05, 0) is 42.7 Å². The van der Waals surface area contributed by atoms with E-state index in [0.29, 0.717) is 23.2 Å². The number of aromatic nitrogens is 1. The summed E-state index contributed by atoms with van der Waals surface area (Å²) in [6, 6.07) is 9.29. The van der Waals surface area contributed by atoms with Gasteiger partial charge in [0.15, 0.2) is 0 Å². The zero-order valence-corrected chi connectivity index (χ0v) is 13.7. The van der Waals surface area contributed by atoms with Crippen LogP contribution >= 0.6 is 11.6 Å². The molecule has 0 aliphatic rings. The normalized spacial score (nSPS) is 10.6. The van der Waals surface area contributed by atoms with Crippen LogP contribution in [0.25, 0.3) is 0 Å². The van der Waals surface area contributed by atoms with E-state index < -0.39 is 0 Å². The van der Waals surface area contributed by atoms with Crippen LogP contribution in [-0.2, 0) is 0 Å². The summed E-state index contributed by atoms with van der Waals surface area (Å²) in [4.78, 5) is 16.1. The van der Waals surface area contributed by atoms with Crippen LogP contribution < -0.4 is 10.6 Å². The lowest BCUT2D eigenvalue weighted by molar-refractivity contribution is 0.0944. The van der Waals surface area contributed by atoms with Gasteiger partial charge in [-0.2, -0.15) is 0 Å². The number of carbonyl (C=O) groups is 1. The number of nitrogens with one attached hydrogen (secondary N) is 2. The molecule has 0 aliphatic heterocycles. The van der Waals surface area contributed by atoms with Crippen LogP contribution in [0.2, 0.25) is 5.02 Å². The first-order valence-corrected chi connectivity index (χ1v) is 7.61. The second kappa shape index (κ2) is 7.27. The number of hydrogen-bond donors (Lipinski definition) is 2. The van der Waals surface area contributed by atoms with Crippen LogP contribution in [0.3, 0.4) is 0 Å². The number of rotatable bonds is 5. The Labute approximate surface area is 135 Å². The molecule has 0 aliphatic carbocycles. The fraction of sp³-hybridized carbons (Fsp3) is 0.294. The van der Waals surface area contributed by atoms with Crippen molar-refractivity contribution >= 4 is 28.9 Å². The second-order valence-electron chi connectivity index (χ2n) is 5.62. The van der Waals surface area contributed by atoms with Gasteiger partial charge in [-0.1, -0.05) is 31.5 Å². The molecule has 0 fully saturated rings. The lowest BCUT2D eigenvalue weighted by Gasteiger charge is -2.10. The van der Waals surface area contributed by atoms with E-state index in [9.17, 15) is 4.79 Å². The molecule has 2 rings (SSSR count). The summed E-state index contributed by atoms with van der Waals surface area (Å²) < 4.78 is 0. The predicted octanol–water partition coefficient (Wildman–Crippen LogP) is 4.17. The summed E-state index contributed by atoms with van der Waals surface area (Å²) in [5, 5.41) is 6.79. The maximum atomic E-state index is 12.0. The average Bonchev–Trinajstić information content (AvgIpc) is 2.49. The first-order chi connectivity index (χ1) is 10.5. The van der Waals surface area contributed by atoms with Crippen molar-refractivity contribution in [2.75, 3.05) is 11.9 Å². The van der Waals surface area contributed by atoms with Gasteiger partial charge in [-0.3, -0.25) is 9.78 Å². The molecular weight excluding hydrogens is 298 g/mol. The molecule has 0 bridgehead atoms. The van der Waals surface area contributed by atoms with Crippen LogP contribution in [-0.4, -0.2) is 17.4 Å². The summed E-state index contributed by atoms with van der Waals surface area (Å²) in [6.07, 6.45) is 1.61. The third kappa shape index (κ3) is 4.46. The van der Waals surface area contributed by atoms with Crippen LogP contribution in [0.4, 0.5) is 11.4 Å². The molecule has 22 heavy (non-hydrogen) atoms. The maximum Gasteiger partial charge on any atom is 0.269 e. The van der Waals surface area contributed by atoms with E-state index in [1.165, 1.54) is 0 Å². The molecule has 5 heteroatoms. The van der Waals surface area contributed by atoms with Crippen molar-refractivity contribution in [3.8, 4) is 0 Å². The Balaban J connectivity index is 2.10. The number of amides is 1. The summed E-state index contributed by atoms with van der Waals surface area (Å²) in [7, 11) is 0. The van der Waals surface area contributed by atoms with E-state index in [-0.39, 0.29) is 5.91 Å². The lowest BCUT2D eigenvalue weighted by Crippen LogP contribution is -2.28. The fourth-order valence-corrected chi connectivity index (χ4v) is 2.04. The molecule has 0 spiro atoms. The number of pyridine rings is 1. The van der Waals surface area contributed by atoms with Gasteiger partial charge in [0.1, 0.15) is 5.69 Å². The SMILES string of the molecule is Cc1ccc(Nc2ccnc(C(=O)NCC(C)C)c2)cc1Cl. The Morgan fingerprint density at radius 1 is 1.23 bits per heavy atom. The number of hydrogen-bond acceptors (Lipinski definition) is 3. The van der Waals surface area contributed by atoms with E-state index in [0.717, 1.165) is 16.9 Å². The van der Waals surface area contributed by atoms with Crippen LogP contribution in [0.5, 0.6) is 0 Å². The Bertz CT molecular complexity index is 671. The number of aryl methyl sites for hydroxylation is 1. The predicted molar refractivity (Wildman–Crippen MR) is 90.9 cm³/mol. The van der Waals surface area contributed by atoms with Crippen molar-refractivity contribution < 1.29 is 4.79 Å². The Morgan fingerprint density at radius 3 is 2.64 bits per heavy atom. The molecule has 4 nitrogen and oxygen atoms in total. The van der Waals surface area contributed by atoms with Gasteiger partial charge in [0, 0.05) is 29.1 Å². The zero-order valence-electron chi connectivity index (χ0n) is 13.0. The molecule has 0 radical (unpaired) electrons. The molecule has 1 heterocycles. The van der Waals surface area contributed by atoms with Crippen LogP contribution in [0, 0.1) is 12.8 Å². The van der Waals surface area contributed by atoms with Gasteiger partial charge in [-0.25, -0.2) is 0 Å². The molecule has 2 N–H and O–H groups in total. The molecule has 0 saturated carbocycles. The van der Waals surface area contributed by atoms with Crippen molar-refractivity contribution in [1.82, 2.24) is 10.3 Å². The average molecular weight is 318 g/mol. The minimum Gasteiger partial charge on any atom is -0.355 e. The third-order valence-electron chi connectivity index (χ3n) is 3.12. The first kappa shape index (κ1) is 16.3. The molecule has 0 atom stereocenters. The summed E-state index contributed by atoms with van der Waals surface area (Å²) >= 11 is 6.12. The van der Waals surface area contributed by atoms with E-state index in [1.807, 2.05) is 45.0 Å². The largest absolute Gasteiger partial charge is 0.355 e. The van der Waals surface area contributed by atoms with Crippen molar-refractivity contribution in [1.29, 1.82) is 0 Å². The van der Waals surface area contributed by atoms with Crippen molar-refractivity contribution in [2.45, 2.75) is 20.8 Å². The zero-order chi connectivity index (χ0) is 16.1. The number of nitrogens with zero attached hydrogens (tertiary/aromatic N) is 1. The van der Waals surface area contributed by atoms with Gasteiger partial charge in [0.25, 0.3) is 5.91 Å². The number of halogens is 1. The summed E-state index contributed by atoms with van der Waals surface area (Å²) in [6.45, 7) is 6.68. The molecule has 1 aromatic carbocycles. The van der Waals surface area contributed by atoms with E-state index in [4.69, 9.17) is 11.6 Å². The van der Waals surface area contributed by atoms with Crippen molar-refractivity contribution in [3.63, 3.8) is 0 Å². The summed E-state index contributed by atoms with van der Waals surface area (Å²) in [5.74, 6) is 0.235. The minimum atomic E-state index is -0.167. The smallest absolute Gasteiger partial charge is 0.269 e. The van der Waals surface area contributed by atoms with E-state index in [2.05, 4.69) is 15.6 Å². The highest BCUT2D eigenvalue weighted by Crippen LogP contribution is 2.23. The van der Waals surface area contributed by atoms with Gasteiger partial charge >= 0.3 is 0 Å².